The Morgan fingerprint density at radius 2 is 1.61 bits per heavy atom. The summed E-state index contributed by atoms with van der Waals surface area (Å²) in [5, 5.41) is 2.85. The zero-order chi connectivity index (χ0) is 30.0. The van der Waals surface area contributed by atoms with Crippen LogP contribution in [-0.2, 0) is 26.2 Å². The lowest BCUT2D eigenvalue weighted by Crippen LogP contribution is -2.51. The highest BCUT2D eigenvalue weighted by atomic mass is 79.9. The van der Waals surface area contributed by atoms with Crippen molar-refractivity contribution in [1.29, 1.82) is 0 Å². The van der Waals surface area contributed by atoms with Crippen LogP contribution in [0.2, 0.25) is 0 Å². The first kappa shape index (κ1) is 32.1. The fourth-order valence-electron chi connectivity index (χ4n) is 4.04. The molecule has 0 bridgehead atoms. The van der Waals surface area contributed by atoms with Crippen molar-refractivity contribution in [1.82, 2.24) is 10.2 Å². The Labute approximate surface area is 249 Å². The van der Waals surface area contributed by atoms with Crippen molar-refractivity contribution in [2.24, 2.45) is 0 Å². The Kier molecular flexibility index (Phi) is 11.7. The number of hydrogen-bond donors (Lipinski definition) is 1. The summed E-state index contributed by atoms with van der Waals surface area (Å²) in [5.74, 6) is -0.983. The maximum atomic E-state index is 13.9. The number of nitrogens with zero attached hydrogens (tertiary/aromatic N) is 2. The minimum atomic E-state index is -4.27. The molecular weight excluding hydrogens is 613 g/mol. The summed E-state index contributed by atoms with van der Waals surface area (Å²) in [4.78, 5) is 28.2. The molecule has 3 rings (SSSR count). The molecular formula is C30H35BrFN3O5S. The number of ether oxygens (including phenoxy) is 1. The second kappa shape index (κ2) is 15.0. The third-order valence-corrected chi connectivity index (χ3v) is 8.70. The van der Waals surface area contributed by atoms with Gasteiger partial charge >= 0.3 is 0 Å². The van der Waals surface area contributed by atoms with E-state index in [9.17, 15) is 22.4 Å². The van der Waals surface area contributed by atoms with Crippen molar-refractivity contribution in [2.75, 3.05) is 24.0 Å². The molecule has 0 fully saturated rings. The average molecular weight is 649 g/mol. The lowest BCUT2D eigenvalue weighted by molar-refractivity contribution is -0.139. The van der Waals surface area contributed by atoms with Crippen molar-refractivity contribution in [3.05, 3.63) is 88.6 Å². The molecule has 0 aliphatic carbocycles. The topological polar surface area (TPSA) is 96.0 Å². The minimum Gasteiger partial charge on any atom is -0.494 e. The average Bonchev–Trinajstić information content (AvgIpc) is 2.96. The third-order valence-electron chi connectivity index (χ3n) is 6.38. The number of unbranched alkanes of at least 4 members (excludes halogenated alkanes) is 1. The van der Waals surface area contributed by atoms with Gasteiger partial charge in [-0.3, -0.25) is 13.9 Å². The van der Waals surface area contributed by atoms with E-state index in [0.29, 0.717) is 18.9 Å². The number of halogens is 2. The fourth-order valence-corrected chi connectivity index (χ4v) is 5.72. The number of hydrogen-bond acceptors (Lipinski definition) is 5. The summed E-state index contributed by atoms with van der Waals surface area (Å²) in [6, 6.07) is 17.1. The van der Waals surface area contributed by atoms with Gasteiger partial charge in [0.1, 0.15) is 24.2 Å². The number of carbonyl (C=O) groups is 2. The number of rotatable bonds is 14. The summed E-state index contributed by atoms with van der Waals surface area (Å²) in [5.41, 5.74) is 0.870. The highest BCUT2D eigenvalue weighted by molar-refractivity contribution is 9.10. The van der Waals surface area contributed by atoms with Crippen molar-refractivity contribution < 1.29 is 27.1 Å². The molecule has 1 N–H and O–H groups in total. The summed E-state index contributed by atoms with van der Waals surface area (Å²) < 4.78 is 48.7. The molecule has 0 aromatic heterocycles. The van der Waals surface area contributed by atoms with E-state index in [4.69, 9.17) is 4.74 Å². The van der Waals surface area contributed by atoms with E-state index in [0.717, 1.165) is 39.3 Å². The molecule has 0 radical (unpaired) electrons. The SMILES string of the molecule is CCCCNC(=O)[C@@H](C)N(Cc1ccc(Br)cc1)C(=O)CN(c1ccc(F)cc1)S(=O)(=O)c1ccc(OCC)cc1. The number of nitrogens with one attached hydrogen (secondary N) is 1. The van der Waals surface area contributed by atoms with Gasteiger partial charge in [0.25, 0.3) is 10.0 Å². The number of anilines is 1. The van der Waals surface area contributed by atoms with Crippen molar-refractivity contribution in [3.63, 3.8) is 0 Å². The van der Waals surface area contributed by atoms with Crippen LogP contribution in [0.3, 0.4) is 0 Å². The molecule has 2 amide bonds. The quantitative estimate of drug-likeness (QED) is 0.233. The van der Waals surface area contributed by atoms with Crippen LogP contribution in [0.5, 0.6) is 5.75 Å². The summed E-state index contributed by atoms with van der Waals surface area (Å²) in [7, 11) is -4.27. The second-order valence-electron chi connectivity index (χ2n) is 9.36. The molecule has 0 heterocycles. The van der Waals surface area contributed by atoms with Crippen molar-refractivity contribution in [2.45, 2.75) is 51.1 Å². The third kappa shape index (κ3) is 8.77. The monoisotopic (exact) mass is 647 g/mol. The molecule has 3 aromatic carbocycles. The maximum Gasteiger partial charge on any atom is 0.264 e. The number of amides is 2. The molecule has 3 aromatic rings. The van der Waals surface area contributed by atoms with E-state index in [1.54, 1.807) is 6.92 Å². The molecule has 0 aliphatic rings. The molecule has 0 unspecified atom stereocenters. The molecule has 1 atom stereocenters. The van der Waals surface area contributed by atoms with E-state index in [-0.39, 0.29) is 23.0 Å². The van der Waals surface area contributed by atoms with Crippen LogP contribution in [0.15, 0.2) is 82.2 Å². The predicted octanol–water partition coefficient (Wildman–Crippen LogP) is 5.52. The van der Waals surface area contributed by atoms with E-state index >= 15 is 0 Å². The van der Waals surface area contributed by atoms with Gasteiger partial charge in [0.2, 0.25) is 11.8 Å². The highest BCUT2D eigenvalue weighted by Gasteiger charge is 2.32. The van der Waals surface area contributed by atoms with Gasteiger partial charge in [-0.15, -0.1) is 0 Å². The van der Waals surface area contributed by atoms with Crippen LogP contribution >= 0.6 is 15.9 Å². The molecule has 11 heteroatoms. The van der Waals surface area contributed by atoms with Gasteiger partial charge in [0.15, 0.2) is 0 Å². The predicted molar refractivity (Wildman–Crippen MR) is 161 cm³/mol. The van der Waals surface area contributed by atoms with Crippen LogP contribution < -0.4 is 14.4 Å². The second-order valence-corrected chi connectivity index (χ2v) is 12.1. The van der Waals surface area contributed by atoms with Gasteiger partial charge in [-0.25, -0.2) is 12.8 Å². The van der Waals surface area contributed by atoms with Gasteiger partial charge in [-0.2, -0.15) is 0 Å². The van der Waals surface area contributed by atoms with Gasteiger partial charge in [-0.1, -0.05) is 41.4 Å². The van der Waals surface area contributed by atoms with Crippen LogP contribution in [0.4, 0.5) is 10.1 Å². The Balaban J connectivity index is 1.98. The molecule has 41 heavy (non-hydrogen) atoms. The van der Waals surface area contributed by atoms with Gasteiger partial charge in [0.05, 0.1) is 17.2 Å². The first-order valence-electron chi connectivity index (χ1n) is 13.4. The van der Waals surface area contributed by atoms with Crippen molar-refractivity contribution >= 4 is 43.5 Å². The Bertz CT molecular complexity index is 1400. The number of benzene rings is 3. The standard InChI is InChI=1S/C30H35BrFN3O5S/c1-4-6-19-33-30(37)22(3)34(20-23-7-9-24(31)10-8-23)29(36)21-35(26-13-11-25(32)12-14-26)41(38,39)28-17-15-27(16-18-28)40-5-2/h7-18,22H,4-6,19-21H2,1-3H3,(H,33,37)/t22-/m1/s1. The summed E-state index contributed by atoms with van der Waals surface area (Å²) in [6.07, 6.45) is 1.68. The number of sulfonamides is 1. The Hall–Kier alpha value is -3.44. The van der Waals surface area contributed by atoms with Gasteiger partial charge in [-0.05, 0) is 86.5 Å². The highest BCUT2D eigenvalue weighted by Crippen LogP contribution is 2.26. The molecule has 0 saturated heterocycles. The normalized spacial score (nSPS) is 11.9. The van der Waals surface area contributed by atoms with E-state index < -0.39 is 34.3 Å². The summed E-state index contributed by atoms with van der Waals surface area (Å²) >= 11 is 3.40. The van der Waals surface area contributed by atoms with Gasteiger partial charge < -0.3 is 15.0 Å². The van der Waals surface area contributed by atoms with E-state index in [1.807, 2.05) is 38.1 Å². The van der Waals surface area contributed by atoms with Crippen molar-refractivity contribution in [3.8, 4) is 5.75 Å². The lowest BCUT2D eigenvalue weighted by Gasteiger charge is -2.32. The van der Waals surface area contributed by atoms with Crippen LogP contribution in [0, 0.1) is 5.82 Å². The molecule has 0 saturated carbocycles. The molecule has 0 aliphatic heterocycles. The molecule has 220 valence electrons. The van der Waals surface area contributed by atoms with Crippen LogP contribution in [-0.4, -0.2) is 50.9 Å². The Morgan fingerprint density at radius 3 is 2.20 bits per heavy atom. The Morgan fingerprint density at radius 1 is 0.976 bits per heavy atom. The number of carbonyl (C=O) groups excluding carboxylic acids is 2. The summed E-state index contributed by atoms with van der Waals surface area (Å²) in [6.45, 7) is 5.79. The first-order chi connectivity index (χ1) is 19.6. The molecule has 0 spiro atoms. The first-order valence-corrected chi connectivity index (χ1v) is 15.6. The largest absolute Gasteiger partial charge is 0.494 e. The zero-order valence-corrected chi connectivity index (χ0v) is 25.8. The van der Waals surface area contributed by atoms with Gasteiger partial charge in [0, 0.05) is 17.6 Å². The fraction of sp³-hybridized carbons (Fsp3) is 0.333. The van der Waals surface area contributed by atoms with E-state index in [2.05, 4.69) is 21.2 Å². The zero-order valence-electron chi connectivity index (χ0n) is 23.3. The molecule has 8 nitrogen and oxygen atoms in total. The maximum absolute atomic E-state index is 13.9. The minimum absolute atomic E-state index is 0.0668. The smallest absolute Gasteiger partial charge is 0.264 e. The van der Waals surface area contributed by atoms with Crippen LogP contribution in [0.25, 0.3) is 0 Å². The van der Waals surface area contributed by atoms with E-state index in [1.165, 1.54) is 41.3 Å². The van der Waals surface area contributed by atoms with Crippen LogP contribution in [0.1, 0.15) is 39.2 Å². The lowest BCUT2D eigenvalue weighted by atomic mass is 10.1.